The number of Topliss-reactive ketones (excluding diaryl/α,β-unsaturated/α-hetero) is 1. The third-order valence-electron chi connectivity index (χ3n) is 9.33. The number of nitrogens with zero attached hydrogens (tertiary/aromatic N) is 1. The highest BCUT2D eigenvalue weighted by Gasteiger charge is 2.66. The van der Waals surface area contributed by atoms with Gasteiger partial charge in [-0.3, -0.25) is 9.79 Å². The number of hydrogen-bond donors (Lipinski definition) is 0. The Morgan fingerprint density at radius 2 is 1.64 bits per heavy atom. The zero-order valence-electron chi connectivity index (χ0n) is 15.1. The fraction of sp³-hybridized carbons (Fsp3) is 0.900. The van der Waals surface area contributed by atoms with E-state index in [-0.39, 0.29) is 16.2 Å². The van der Waals surface area contributed by atoms with Crippen LogP contribution >= 0.6 is 0 Å². The number of carbonyl (C=O) groups is 1. The molecule has 5 atom stereocenters. The second kappa shape index (κ2) is 3.87. The minimum absolute atomic E-state index is 0.0942. The number of hydrogen-bond acceptors (Lipinski definition) is 2. The summed E-state index contributed by atoms with van der Waals surface area (Å²) in [5.41, 5.74) is 1.56. The second-order valence-corrected chi connectivity index (χ2v) is 10.1. The molecule has 0 aromatic heterocycles. The summed E-state index contributed by atoms with van der Waals surface area (Å²) < 4.78 is 0. The molecule has 2 nitrogen and oxygen atoms in total. The summed E-state index contributed by atoms with van der Waals surface area (Å²) in [6.45, 7) is 14.1. The smallest absolute Gasteiger partial charge is 0.183 e. The Hall–Kier alpha value is -0.660. The van der Waals surface area contributed by atoms with Gasteiger partial charge in [0.05, 0.1) is 11.8 Å². The molecule has 0 amide bonds. The van der Waals surface area contributed by atoms with Crippen molar-refractivity contribution in [1.29, 1.82) is 0 Å². The summed E-state index contributed by atoms with van der Waals surface area (Å²) >= 11 is 0. The van der Waals surface area contributed by atoms with Crippen LogP contribution in [0.1, 0.15) is 73.6 Å². The quantitative estimate of drug-likeness (QED) is 0.692. The molecule has 0 saturated heterocycles. The first-order valence-electron chi connectivity index (χ1n) is 9.18. The number of carbonyl (C=O) groups excluding carboxylic acids is 1. The predicted molar refractivity (Wildman–Crippen MR) is 90.1 cm³/mol. The van der Waals surface area contributed by atoms with Gasteiger partial charge < -0.3 is 0 Å². The normalized spacial score (nSPS) is 52.9. The lowest BCUT2D eigenvalue weighted by Crippen LogP contribution is -2.37. The van der Waals surface area contributed by atoms with Crippen LogP contribution in [-0.2, 0) is 4.79 Å². The van der Waals surface area contributed by atoms with E-state index in [2.05, 4.69) is 41.5 Å². The van der Waals surface area contributed by atoms with Crippen LogP contribution in [0.3, 0.4) is 0 Å². The third-order valence-corrected chi connectivity index (χ3v) is 9.33. The predicted octanol–water partition coefficient (Wildman–Crippen LogP) is 4.67. The molecule has 4 rings (SSSR count). The average Bonchev–Trinajstić information content (AvgIpc) is 2.92. The topological polar surface area (TPSA) is 29.4 Å². The highest BCUT2D eigenvalue weighted by Crippen LogP contribution is 2.67. The molecule has 0 aliphatic heterocycles. The maximum absolute atomic E-state index is 13.0. The largest absolute Gasteiger partial charge is 0.292 e. The van der Waals surface area contributed by atoms with E-state index in [0.29, 0.717) is 23.2 Å². The van der Waals surface area contributed by atoms with Gasteiger partial charge in [0, 0.05) is 11.3 Å². The Balaban J connectivity index is 1.73. The Morgan fingerprint density at radius 1 is 0.955 bits per heavy atom. The van der Waals surface area contributed by atoms with E-state index in [1.165, 1.54) is 19.3 Å². The van der Waals surface area contributed by atoms with Gasteiger partial charge in [0.1, 0.15) is 0 Å². The fourth-order valence-electron chi connectivity index (χ4n) is 6.50. The van der Waals surface area contributed by atoms with Crippen LogP contribution in [0, 0.1) is 33.5 Å². The van der Waals surface area contributed by atoms with Crippen molar-refractivity contribution >= 4 is 11.5 Å². The lowest BCUT2D eigenvalue weighted by Gasteiger charge is -2.38. The summed E-state index contributed by atoms with van der Waals surface area (Å²) in [6, 6.07) is 0.374. The van der Waals surface area contributed by atoms with E-state index >= 15 is 0 Å². The molecule has 0 aromatic rings. The molecule has 0 spiro atoms. The highest BCUT2D eigenvalue weighted by molar-refractivity contribution is 6.45. The van der Waals surface area contributed by atoms with E-state index in [4.69, 9.17) is 4.99 Å². The van der Waals surface area contributed by atoms with Crippen molar-refractivity contribution in [2.75, 3.05) is 0 Å². The van der Waals surface area contributed by atoms with Crippen molar-refractivity contribution in [3.8, 4) is 0 Å². The van der Waals surface area contributed by atoms with Gasteiger partial charge in [-0.05, 0) is 54.3 Å². The van der Waals surface area contributed by atoms with E-state index in [0.717, 1.165) is 24.5 Å². The minimum Gasteiger partial charge on any atom is -0.292 e. The first-order valence-corrected chi connectivity index (χ1v) is 9.18. The number of ketones is 1. The van der Waals surface area contributed by atoms with Crippen LogP contribution in [0.25, 0.3) is 0 Å². The summed E-state index contributed by atoms with van der Waals surface area (Å²) in [5, 5.41) is 0. The van der Waals surface area contributed by atoms with Crippen LogP contribution in [-0.4, -0.2) is 17.5 Å². The molecule has 122 valence electrons. The van der Waals surface area contributed by atoms with Crippen molar-refractivity contribution in [2.24, 2.45) is 38.5 Å². The van der Waals surface area contributed by atoms with Crippen LogP contribution in [0.15, 0.2) is 4.99 Å². The minimum atomic E-state index is -0.162. The van der Waals surface area contributed by atoms with Crippen LogP contribution in [0.2, 0.25) is 0 Å². The Bertz CT molecular complexity index is 587. The van der Waals surface area contributed by atoms with E-state index in [1.807, 2.05) is 0 Å². The van der Waals surface area contributed by atoms with Crippen molar-refractivity contribution in [2.45, 2.75) is 79.7 Å². The Labute approximate surface area is 135 Å². The summed E-state index contributed by atoms with van der Waals surface area (Å²) in [5.74, 6) is 1.57. The van der Waals surface area contributed by atoms with Gasteiger partial charge in [-0.15, -0.1) is 0 Å². The lowest BCUT2D eigenvalue weighted by atomic mass is 9.69. The molecule has 4 bridgehead atoms. The zero-order valence-corrected chi connectivity index (χ0v) is 15.1. The van der Waals surface area contributed by atoms with Gasteiger partial charge in [0.2, 0.25) is 0 Å². The number of fused-ring (bicyclic) bond motifs is 4. The molecule has 0 radical (unpaired) electrons. The molecule has 0 N–H and O–H groups in total. The molecule has 4 fully saturated rings. The fourth-order valence-corrected chi connectivity index (χ4v) is 6.50. The molecule has 0 aromatic carbocycles. The van der Waals surface area contributed by atoms with Gasteiger partial charge in [0.25, 0.3) is 0 Å². The summed E-state index contributed by atoms with van der Waals surface area (Å²) in [4.78, 5) is 18.2. The number of rotatable bonds is 1. The molecule has 0 unspecified atom stereocenters. The van der Waals surface area contributed by atoms with Gasteiger partial charge in [-0.25, -0.2) is 0 Å². The maximum atomic E-state index is 13.0. The van der Waals surface area contributed by atoms with E-state index in [9.17, 15) is 4.79 Å². The Morgan fingerprint density at radius 3 is 2.09 bits per heavy atom. The lowest BCUT2D eigenvalue weighted by molar-refractivity contribution is -0.123. The molecular weight excluding hydrogens is 270 g/mol. The molecule has 4 aliphatic carbocycles. The van der Waals surface area contributed by atoms with Crippen molar-refractivity contribution in [1.82, 2.24) is 0 Å². The molecular formula is C20H31NO. The first-order chi connectivity index (χ1) is 10.1. The summed E-state index contributed by atoms with van der Waals surface area (Å²) in [6.07, 6.45) is 6.05. The third kappa shape index (κ3) is 1.35. The van der Waals surface area contributed by atoms with Gasteiger partial charge in [-0.2, -0.15) is 0 Å². The molecule has 4 aliphatic rings. The number of aliphatic imine (C=N–C) groups is 1. The SMILES string of the molecule is CC1(C)[C@@H]2CC[C@@]1(C)C(=O)C2=N[C@@H]1C[C@H]2CC[C@]1(C)C2(C)C. The van der Waals surface area contributed by atoms with Crippen molar-refractivity contribution in [3.63, 3.8) is 0 Å². The summed E-state index contributed by atoms with van der Waals surface area (Å²) in [7, 11) is 0. The Kier molecular flexibility index (Phi) is 2.62. The average molecular weight is 301 g/mol. The molecule has 4 saturated carbocycles. The van der Waals surface area contributed by atoms with Crippen LogP contribution < -0.4 is 0 Å². The van der Waals surface area contributed by atoms with Crippen LogP contribution in [0.4, 0.5) is 0 Å². The maximum Gasteiger partial charge on any atom is 0.183 e. The monoisotopic (exact) mass is 301 g/mol. The standard InChI is InChI=1S/C20H31NO/c1-17(2)12-7-9-19(17,5)14(11-12)21-15-13-8-10-20(6,16(15)22)18(13,3)4/h12-14H,7-11H2,1-6H3/t12-,13-,14-,19+,20+/m1/s1. The highest BCUT2D eigenvalue weighted by atomic mass is 16.1. The van der Waals surface area contributed by atoms with Gasteiger partial charge >= 0.3 is 0 Å². The van der Waals surface area contributed by atoms with Crippen molar-refractivity contribution < 1.29 is 4.79 Å². The second-order valence-electron chi connectivity index (χ2n) is 10.1. The molecule has 2 heteroatoms. The van der Waals surface area contributed by atoms with E-state index in [1.54, 1.807) is 0 Å². The van der Waals surface area contributed by atoms with Gasteiger partial charge in [-0.1, -0.05) is 41.5 Å². The van der Waals surface area contributed by atoms with Crippen molar-refractivity contribution in [3.05, 3.63) is 0 Å². The molecule has 0 heterocycles. The molecule has 22 heavy (non-hydrogen) atoms. The van der Waals surface area contributed by atoms with Crippen LogP contribution in [0.5, 0.6) is 0 Å². The zero-order chi connectivity index (χ0) is 16.1. The van der Waals surface area contributed by atoms with E-state index < -0.39 is 0 Å². The first kappa shape index (κ1) is 14.9. The van der Waals surface area contributed by atoms with Gasteiger partial charge in [0.15, 0.2) is 5.78 Å².